The quantitative estimate of drug-likeness (QED) is 0.502. The summed E-state index contributed by atoms with van der Waals surface area (Å²) in [7, 11) is 3.53. The molecule has 2 fully saturated rings. The molecule has 4 rings (SSSR count). The van der Waals surface area contributed by atoms with Gasteiger partial charge >= 0.3 is 0 Å². The summed E-state index contributed by atoms with van der Waals surface area (Å²) in [6, 6.07) is 8.89. The SMILES string of the molecule is COC1=CC=C(C2(C3(c4ccc(OC)cc4)SCCCS3)SCCCS2)CC1. The molecule has 2 nitrogen and oxygen atoms in total. The molecule has 2 heterocycles. The molecule has 0 radical (unpaired) electrons. The molecule has 0 bridgehead atoms. The van der Waals surface area contributed by atoms with Crippen LogP contribution in [0, 0.1) is 0 Å². The van der Waals surface area contributed by atoms with Crippen molar-refractivity contribution in [2.75, 3.05) is 37.2 Å². The monoisotopic (exact) mass is 452 g/mol. The molecule has 3 aliphatic rings. The number of hydrogen-bond acceptors (Lipinski definition) is 6. The molecule has 28 heavy (non-hydrogen) atoms. The van der Waals surface area contributed by atoms with E-state index in [0.717, 1.165) is 24.4 Å². The molecule has 2 aliphatic heterocycles. The smallest absolute Gasteiger partial charge is 0.118 e. The highest BCUT2D eigenvalue weighted by Crippen LogP contribution is 2.69. The molecule has 0 N–H and O–H groups in total. The molecule has 0 spiro atoms. The minimum atomic E-state index is 0.0392. The summed E-state index contributed by atoms with van der Waals surface area (Å²) in [6.45, 7) is 0. The van der Waals surface area contributed by atoms with Crippen LogP contribution in [0.2, 0.25) is 0 Å². The van der Waals surface area contributed by atoms with Crippen molar-refractivity contribution in [1.29, 1.82) is 0 Å². The first-order valence-corrected chi connectivity index (χ1v) is 13.8. The van der Waals surface area contributed by atoms with Gasteiger partial charge in [0.2, 0.25) is 0 Å². The Kier molecular flexibility index (Phi) is 6.91. The number of rotatable bonds is 5. The molecule has 0 amide bonds. The van der Waals surface area contributed by atoms with E-state index in [4.69, 9.17) is 9.47 Å². The Hall–Kier alpha value is -0.300. The van der Waals surface area contributed by atoms with Gasteiger partial charge in [-0.3, -0.25) is 0 Å². The predicted molar refractivity (Wildman–Crippen MR) is 129 cm³/mol. The average Bonchev–Trinajstić information content (AvgIpc) is 2.80. The third kappa shape index (κ3) is 3.75. The summed E-state index contributed by atoms with van der Waals surface area (Å²) in [5, 5.41) is 0. The van der Waals surface area contributed by atoms with Gasteiger partial charge < -0.3 is 9.47 Å². The van der Waals surface area contributed by atoms with Crippen LogP contribution in [0.1, 0.15) is 31.2 Å². The summed E-state index contributed by atoms with van der Waals surface area (Å²) in [6.07, 6.45) is 9.28. The molecule has 1 aromatic carbocycles. The number of hydrogen-bond donors (Lipinski definition) is 0. The number of benzene rings is 1. The fourth-order valence-electron chi connectivity index (χ4n) is 4.07. The molecule has 2 saturated heterocycles. The molecular formula is C22H28O2S4. The second-order valence-electron chi connectivity index (χ2n) is 7.09. The highest BCUT2D eigenvalue weighted by atomic mass is 32.2. The van der Waals surface area contributed by atoms with Crippen molar-refractivity contribution in [3.63, 3.8) is 0 Å². The van der Waals surface area contributed by atoms with Crippen molar-refractivity contribution in [3.05, 3.63) is 53.3 Å². The summed E-state index contributed by atoms with van der Waals surface area (Å²) >= 11 is 8.72. The van der Waals surface area contributed by atoms with Crippen LogP contribution >= 0.6 is 47.0 Å². The average molecular weight is 453 g/mol. The maximum atomic E-state index is 5.52. The number of methoxy groups -OCH3 is 2. The molecule has 1 aliphatic carbocycles. The Labute approximate surface area is 186 Å². The lowest BCUT2D eigenvalue weighted by Crippen LogP contribution is -2.47. The molecule has 152 valence electrons. The summed E-state index contributed by atoms with van der Waals surface area (Å²) in [4.78, 5) is 0. The molecule has 0 saturated carbocycles. The van der Waals surface area contributed by atoms with Crippen LogP contribution < -0.4 is 4.74 Å². The maximum Gasteiger partial charge on any atom is 0.118 e. The Morgan fingerprint density at radius 3 is 1.82 bits per heavy atom. The Balaban J connectivity index is 1.82. The Morgan fingerprint density at radius 1 is 0.714 bits per heavy atom. The van der Waals surface area contributed by atoms with Gasteiger partial charge in [-0.1, -0.05) is 18.2 Å². The molecular weight excluding hydrogens is 425 g/mol. The molecule has 0 aromatic heterocycles. The van der Waals surface area contributed by atoms with Crippen LogP contribution in [0.25, 0.3) is 0 Å². The van der Waals surface area contributed by atoms with E-state index >= 15 is 0 Å². The predicted octanol–water partition coefficient (Wildman–Crippen LogP) is 6.54. The van der Waals surface area contributed by atoms with Crippen molar-refractivity contribution in [1.82, 2.24) is 0 Å². The van der Waals surface area contributed by atoms with Crippen LogP contribution in [-0.2, 0) is 8.82 Å². The van der Waals surface area contributed by atoms with Gasteiger partial charge in [-0.25, -0.2) is 0 Å². The maximum absolute atomic E-state index is 5.52. The largest absolute Gasteiger partial charge is 0.501 e. The van der Waals surface area contributed by atoms with Crippen LogP contribution in [0.4, 0.5) is 0 Å². The van der Waals surface area contributed by atoms with Crippen molar-refractivity contribution < 1.29 is 9.47 Å². The lowest BCUT2D eigenvalue weighted by Gasteiger charge is -2.54. The zero-order valence-corrected chi connectivity index (χ0v) is 19.8. The fraction of sp³-hybridized carbons (Fsp3) is 0.545. The zero-order valence-electron chi connectivity index (χ0n) is 16.6. The number of allylic oxidation sites excluding steroid dienone is 3. The minimum absolute atomic E-state index is 0.0392. The first-order chi connectivity index (χ1) is 13.7. The van der Waals surface area contributed by atoms with Crippen LogP contribution in [-0.4, -0.2) is 41.3 Å². The van der Waals surface area contributed by atoms with Crippen molar-refractivity contribution in [2.24, 2.45) is 0 Å². The van der Waals surface area contributed by atoms with Gasteiger partial charge in [-0.2, -0.15) is 0 Å². The van der Waals surface area contributed by atoms with Crippen molar-refractivity contribution in [2.45, 2.75) is 33.8 Å². The van der Waals surface area contributed by atoms with Crippen molar-refractivity contribution >= 4 is 47.0 Å². The van der Waals surface area contributed by atoms with Gasteiger partial charge in [-0.05, 0) is 71.6 Å². The molecule has 0 atom stereocenters. The van der Waals surface area contributed by atoms with Gasteiger partial charge in [0.1, 0.15) is 13.9 Å². The van der Waals surface area contributed by atoms with Crippen LogP contribution in [0.5, 0.6) is 5.75 Å². The van der Waals surface area contributed by atoms with Crippen LogP contribution in [0.3, 0.4) is 0 Å². The number of thioether (sulfide) groups is 4. The third-order valence-corrected chi connectivity index (χ3v) is 13.2. The summed E-state index contributed by atoms with van der Waals surface area (Å²) < 4.78 is 11.1. The lowest BCUT2D eigenvalue weighted by atomic mass is 9.94. The van der Waals surface area contributed by atoms with Gasteiger partial charge in [0.15, 0.2) is 0 Å². The van der Waals surface area contributed by atoms with E-state index in [1.54, 1.807) is 19.8 Å². The standard InChI is InChI=1S/C22H28O2S4/c1-23-19-9-5-17(6-10-19)21(25-13-3-14-26-21)22(27-15-4-16-28-22)18-7-11-20(24-2)12-8-18/h5-7,9-11H,3-4,8,12-16H2,1-2H3. The van der Waals surface area contributed by atoms with E-state index < -0.39 is 0 Å². The van der Waals surface area contributed by atoms with Gasteiger partial charge in [0.05, 0.1) is 20.0 Å². The van der Waals surface area contributed by atoms with E-state index in [9.17, 15) is 0 Å². The number of ether oxygens (including phenoxy) is 2. The third-order valence-electron chi connectivity index (χ3n) is 5.50. The van der Waals surface area contributed by atoms with Gasteiger partial charge in [0.25, 0.3) is 0 Å². The Bertz CT molecular complexity index is 729. The molecule has 1 aromatic rings. The summed E-state index contributed by atoms with van der Waals surface area (Å²) in [5.74, 6) is 6.98. The minimum Gasteiger partial charge on any atom is -0.501 e. The zero-order chi connectivity index (χ0) is 19.5. The first kappa shape index (κ1) is 21.0. The Morgan fingerprint density at radius 2 is 1.32 bits per heavy atom. The van der Waals surface area contributed by atoms with E-state index in [1.807, 2.05) is 0 Å². The fourth-order valence-corrected chi connectivity index (χ4v) is 12.4. The highest BCUT2D eigenvalue weighted by molar-refractivity contribution is 8.25. The van der Waals surface area contributed by atoms with Gasteiger partial charge in [0, 0.05) is 6.42 Å². The summed E-state index contributed by atoms with van der Waals surface area (Å²) in [5.41, 5.74) is 3.02. The van der Waals surface area contributed by atoms with E-state index in [2.05, 4.69) is 83.5 Å². The van der Waals surface area contributed by atoms with Crippen molar-refractivity contribution in [3.8, 4) is 5.75 Å². The van der Waals surface area contributed by atoms with E-state index in [-0.39, 0.29) is 8.16 Å². The van der Waals surface area contributed by atoms with Crippen LogP contribution in [0.15, 0.2) is 47.7 Å². The van der Waals surface area contributed by atoms with E-state index in [0.29, 0.717) is 0 Å². The highest BCUT2D eigenvalue weighted by Gasteiger charge is 2.57. The topological polar surface area (TPSA) is 18.5 Å². The lowest BCUT2D eigenvalue weighted by molar-refractivity contribution is 0.275. The normalized spacial score (nSPS) is 24.1. The second kappa shape index (κ2) is 9.23. The molecule has 6 heteroatoms. The first-order valence-electron chi connectivity index (χ1n) is 9.89. The molecule has 0 unspecified atom stereocenters. The van der Waals surface area contributed by atoms with E-state index in [1.165, 1.54) is 41.4 Å². The van der Waals surface area contributed by atoms with Gasteiger partial charge in [-0.15, -0.1) is 47.0 Å². The second-order valence-corrected chi connectivity index (χ2v) is 12.8.